The molecule has 1 amide bonds. The van der Waals surface area contributed by atoms with Gasteiger partial charge in [-0.05, 0) is 30.3 Å². The molecule has 116 valence electrons. The van der Waals surface area contributed by atoms with Crippen molar-refractivity contribution in [1.29, 1.82) is 0 Å². The van der Waals surface area contributed by atoms with Crippen LogP contribution in [0.15, 0.2) is 58.3 Å². The quantitative estimate of drug-likeness (QED) is 0.926. The van der Waals surface area contributed by atoms with Crippen molar-refractivity contribution in [2.45, 2.75) is 9.79 Å². The third-order valence-corrected chi connectivity index (χ3v) is 5.03. The van der Waals surface area contributed by atoms with Crippen molar-refractivity contribution in [2.24, 2.45) is 0 Å². The zero-order chi connectivity index (χ0) is 16.3. The van der Waals surface area contributed by atoms with E-state index in [1.165, 1.54) is 12.1 Å². The maximum absolute atomic E-state index is 12.3. The van der Waals surface area contributed by atoms with Crippen molar-refractivity contribution in [1.82, 2.24) is 0 Å². The molecule has 2 aromatic rings. The van der Waals surface area contributed by atoms with Gasteiger partial charge in [-0.15, -0.1) is 0 Å². The number of amides is 1. The molecule has 2 rings (SSSR count). The monoisotopic (exact) mass is 337 g/mol. The molecule has 1 atom stereocenters. The molecule has 1 N–H and O–H groups in total. The average Bonchev–Trinajstić information content (AvgIpc) is 2.46. The average molecular weight is 337 g/mol. The van der Waals surface area contributed by atoms with Crippen LogP contribution in [-0.4, -0.2) is 31.0 Å². The smallest absolute Gasteiger partial charge is 0.256 e. The second-order valence-corrected chi connectivity index (χ2v) is 8.07. The van der Waals surface area contributed by atoms with Crippen LogP contribution < -0.4 is 5.32 Å². The van der Waals surface area contributed by atoms with E-state index in [9.17, 15) is 17.4 Å². The highest BCUT2D eigenvalue weighted by molar-refractivity contribution is 7.90. The first kappa shape index (κ1) is 16.4. The largest absolute Gasteiger partial charge is 0.322 e. The first-order valence-corrected chi connectivity index (χ1v) is 9.78. The van der Waals surface area contributed by atoms with E-state index in [2.05, 4.69) is 5.32 Å². The van der Waals surface area contributed by atoms with Crippen LogP contribution in [0.2, 0.25) is 0 Å². The zero-order valence-corrected chi connectivity index (χ0v) is 13.7. The summed E-state index contributed by atoms with van der Waals surface area (Å²) < 4.78 is 34.9. The maximum atomic E-state index is 12.3. The highest BCUT2D eigenvalue weighted by atomic mass is 32.2. The van der Waals surface area contributed by atoms with Crippen LogP contribution in [0.4, 0.5) is 5.69 Å². The van der Waals surface area contributed by atoms with Gasteiger partial charge in [0.1, 0.15) is 0 Å². The third kappa shape index (κ3) is 3.80. The van der Waals surface area contributed by atoms with Gasteiger partial charge in [0, 0.05) is 33.9 Å². The Hall–Kier alpha value is -1.99. The number of benzene rings is 2. The van der Waals surface area contributed by atoms with E-state index in [4.69, 9.17) is 0 Å². The van der Waals surface area contributed by atoms with Crippen LogP contribution in [0, 0.1) is 0 Å². The van der Waals surface area contributed by atoms with Crippen molar-refractivity contribution in [3.8, 4) is 0 Å². The summed E-state index contributed by atoms with van der Waals surface area (Å²) in [5, 5.41) is 2.63. The first-order valence-electron chi connectivity index (χ1n) is 6.33. The van der Waals surface area contributed by atoms with Crippen molar-refractivity contribution in [2.75, 3.05) is 17.8 Å². The summed E-state index contributed by atoms with van der Waals surface area (Å²) in [6.45, 7) is 0. The number of rotatable bonds is 4. The van der Waals surface area contributed by atoms with Crippen molar-refractivity contribution in [3.63, 3.8) is 0 Å². The Morgan fingerprint density at radius 2 is 1.77 bits per heavy atom. The zero-order valence-electron chi connectivity index (χ0n) is 12.1. The molecule has 0 aliphatic carbocycles. The Balaban J connectivity index is 2.35. The molecular formula is C15H15NO4S2. The number of sulfone groups is 1. The number of carbonyl (C=O) groups excluding carboxylic acids is 1. The number of anilines is 1. The van der Waals surface area contributed by atoms with E-state index in [1.54, 1.807) is 42.7 Å². The lowest BCUT2D eigenvalue weighted by molar-refractivity contribution is 0.102. The van der Waals surface area contributed by atoms with Crippen LogP contribution >= 0.6 is 0 Å². The Labute approximate surface area is 131 Å². The molecule has 0 bridgehead atoms. The molecule has 2 aromatic carbocycles. The summed E-state index contributed by atoms with van der Waals surface area (Å²) in [5.41, 5.74) is 0.536. The highest BCUT2D eigenvalue weighted by Crippen LogP contribution is 2.18. The van der Waals surface area contributed by atoms with Crippen LogP contribution in [-0.2, 0) is 20.6 Å². The minimum absolute atomic E-state index is 0.0253. The molecule has 0 heterocycles. The van der Waals surface area contributed by atoms with E-state index in [0.717, 1.165) is 6.26 Å². The fourth-order valence-electron chi connectivity index (χ4n) is 1.93. The SMILES string of the molecule is CS(=O)c1cccc(NC(=O)c2ccccc2S(C)(=O)=O)c1. The highest BCUT2D eigenvalue weighted by Gasteiger charge is 2.18. The molecule has 1 unspecified atom stereocenters. The molecule has 7 heteroatoms. The number of carbonyl (C=O) groups is 1. The summed E-state index contributed by atoms with van der Waals surface area (Å²) >= 11 is 0. The Morgan fingerprint density at radius 1 is 1.09 bits per heavy atom. The molecule has 0 aliphatic heterocycles. The van der Waals surface area contributed by atoms with Gasteiger partial charge in [-0.3, -0.25) is 9.00 Å². The minimum Gasteiger partial charge on any atom is -0.322 e. The molecule has 0 aliphatic rings. The Kier molecular flexibility index (Phi) is 4.77. The van der Waals surface area contributed by atoms with Gasteiger partial charge in [0.25, 0.3) is 5.91 Å². The van der Waals surface area contributed by atoms with Gasteiger partial charge >= 0.3 is 0 Å². The second-order valence-electron chi connectivity index (χ2n) is 4.70. The maximum Gasteiger partial charge on any atom is 0.256 e. The molecule has 0 aromatic heterocycles. The molecule has 5 nitrogen and oxygen atoms in total. The van der Waals surface area contributed by atoms with Gasteiger partial charge in [-0.1, -0.05) is 18.2 Å². The normalized spacial score (nSPS) is 12.6. The van der Waals surface area contributed by atoms with Crippen LogP contribution in [0.5, 0.6) is 0 Å². The lowest BCUT2D eigenvalue weighted by atomic mass is 10.2. The molecular weight excluding hydrogens is 322 g/mol. The predicted molar refractivity (Wildman–Crippen MR) is 86.3 cm³/mol. The van der Waals surface area contributed by atoms with E-state index < -0.39 is 26.5 Å². The Morgan fingerprint density at radius 3 is 2.41 bits per heavy atom. The first-order chi connectivity index (χ1) is 10.3. The summed E-state index contributed by atoms with van der Waals surface area (Å²) in [7, 11) is -4.67. The fourth-order valence-corrected chi connectivity index (χ4v) is 3.38. The van der Waals surface area contributed by atoms with E-state index >= 15 is 0 Å². The molecule has 0 saturated carbocycles. The van der Waals surface area contributed by atoms with Crippen LogP contribution in [0.3, 0.4) is 0 Å². The van der Waals surface area contributed by atoms with Gasteiger partial charge in [0.15, 0.2) is 9.84 Å². The van der Waals surface area contributed by atoms with Crippen LogP contribution in [0.1, 0.15) is 10.4 Å². The topological polar surface area (TPSA) is 80.3 Å². The van der Waals surface area contributed by atoms with Crippen LogP contribution in [0.25, 0.3) is 0 Å². The van der Waals surface area contributed by atoms with Gasteiger partial charge in [0.05, 0.1) is 10.5 Å². The summed E-state index contributed by atoms with van der Waals surface area (Å²) in [6, 6.07) is 12.6. The minimum atomic E-state index is -3.50. The summed E-state index contributed by atoms with van der Waals surface area (Å²) in [4.78, 5) is 12.9. The van der Waals surface area contributed by atoms with Crippen molar-refractivity contribution in [3.05, 3.63) is 54.1 Å². The standard InChI is InChI=1S/C15H15NO4S2/c1-21(18)12-7-5-6-11(10-12)16-15(17)13-8-3-4-9-14(13)22(2,19)20/h3-10H,1-2H3,(H,16,17). The molecule has 0 radical (unpaired) electrons. The fraction of sp³-hybridized carbons (Fsp3) is 0.133. The van der Waals surface area contributed by atoms with Gasteiger partial charge < -0.3 is 5.32 Å². The van der Waals surface area contributed by atoms with Crippen molar-refractivity contribution >= 4 is 32.2 Å². The molecule has 22 heavy (non-hydrogen) atoms. The molecule has 0 spiro atoms. The van der Waals surface area contributed by atoms with Gasteiger partial charge in [-0.2, -0.15) is 0 Å². The lowest BCUT2D eigenvalue weighted by Gasteiger charge is -2.09. The van der Waals surface area contributed by atoms with Gasteiger partial charge in [-0.25, -0.2) is 8.42 Å². The van der Waals surface area contributed by atoms with Crippen molar-refractivity contribution < 1.29 is 17.4 Å². The van der Waals surface area contributed by atoms with E-state index in [-0.39, 0.29) is 10.5 Å². The second kappa shape index (κ2) is 6.41. The molecule has 0 fully saturated rings. The Bertz CT molecular complexity index is 844. The number of hydrogen-bond donors (Lipinski definition) is 1. The van der Waals surface area contributed by atoms with Gasteiger partial charge in [0.2, 0.25) is 0 Å². The summed E-state index contributed by atoms with van der Waals surface area (Å²) in [6.07, 6.45) is 2.60. The lowest BCUT2D eigenvalue weighted by Crippen LogP contribution is -2.16. The number of hydrogen-bond acceptors (Lipinski definition) is 4. The third-order valence-electron chi connectivity index (χ3n) is 2.95. The predicted octanol–water partition coefficient (Wildman–Crippen LogP) is 2.08. The molecule has 0 saturated heterocycles. The van der Waals surface area contributed by atoms with E-state index in [0.29, 0.717) is 10.6 Å². The summed E-state index contributed by atoms with van der Waals surface area (Å²) in [5.74, 6) is -0.528. The van der Waals surface area contributed by atoms with E-state index in [1.807, 2.05) is 0 Å². The number of nitrogens with one attached hydrogen (secondary N) is 1.